The minimum absolute atomic E-state index is 0.0102. The van der Waals surface area contributed by atoms with Crippen molar-refractivity contribution in [2.24, 2.45) is 0 Å². The van der Waals surface area contributed by atoms with Crippen molar-refractivity contribution in [3.05, 3.63) is 21.4 Å². The molecule has 0 bridgehead atoms. The highest BCUT2D eigenvalue weighted by molar-refractivity contribution is 7.14. The molecule has 0 atom stereocenters. The second-order valence-corrected chi connectivity index (χ2v) is 6.51. The fourth-order valence-electron chi connectivity index (χ4n) is 2.19. The second kappa shape index (κ2) is 9.55. The molecule has 4 nitrogen and oxygen atoms in total. The van der Waals surface area contributed by atoms with Gasteiger partial charge < -0.3 is 10.4 Å². The molecular formula is C16H25NO3S. The molecule has 5 heteroatoms. The van der Waals surface area contributed by atoms with E-state index >= 15 is 0 Å². The lowest BCUT2D eigenvalue weighted by Gasteiger charge is -2.03. The maximum Gasteiger partial charge on any atom is 0.303 e. The van der Waals surface area contributed by atoms with E-state index in [1.54, 1.807) is 11.3 Å². The first-order valence-corrected chi connectivity index (χ1v) is 8.45. The van der Waals surface area contributed by atoms with Gasteiger partial charge in [-0.25, -0.2) is 0 Å². The molecule has 1 heterocycles. The summed E-state index contributed by atoms with van der Waals surface area (Å²) in [6.45, 7) is 4.86. The Balaban J connectivity index is 2.21. The normalized spacial score (nSPS) is 10.6. The average Bonchev–Trinajstić information content (AvgIpc) is 2.79. The first-order valence-electron chi connectivity index (χ1n) is 7.64. The highest BCUT2D eigenvalue weighted by atomic mass is 32.1. The van der Waals surface area contributed by atoms with E-state index in [1.807, 2.05) is 6.07 Å². The van der Waals surface area contributed by atoms with Crippen molar-refractivity contribution in [3.8, 4) is 0 Å². The maximum absolute atomic E-state index is 12.0. The largest absolute Gasteiger partial charge is 0.481 e. The summed E-state index contributed by atoms with van der Waals surface area (Å²) in [5.41, 5.74) is 1.28. The molecule has 0 aliphatic carbocycles. The smallest absolute Gasteiger partial charge is 0.303 e. The van der Waals surface area contributed by atoms with E-state index in [-0.39, 0.29) is 12.3 Å². The molecular weight excluding hydrogens is 286 g/mol. The number of carboxylic acids is 1. The third-order valence-corrected chi connectivity index (χ3v) is 4.46. The number of hydrogen-bond acceptors (Lipinski definition) is 3. The number of thiophene rings is 1. The van der Waals surface area contributed by atoms with Crippen LogP contribution in [-0.4, -0.2) is 23.5 Å². The van der Waals surface area contributed by atoms with Gasteiger partial charge in [0.2, 0.25) is 0 Å². The number of amides is 1. The van der Waals surface area contributed by atoms with E-state index in [9.17, 15) is 9.59 Å². The van der Waals surface area contributed by atoms with Crippen molar-refractivity contribution in [1.82, 2.24) is 5.32 Å². The summed E-state index contributed by atoms with van der Waals surface area (Å²) in [4.78, 5) is 24.4. The Kier molecular flexibility index (Phi) is 8.05. The zero-order valence-electron chi connectivity index (χ0n) is 12.9. The Morgan fingerprint density at radius 1 is 1.24 bits per heavy atom. The molecule has 0 aromatic carbocycles. The number of hydrogen-bond donors (Lipinski definition) is 2. The van der Waals surface area contributed by atoms with Crippen LogP contribution in [0.3, 0.4) is 0 Å². The molecule has 2 N–H and O–H groups in total. The molecule has 1 aromatic rings. The molecule has 1 aromatic heterocycles. The molecule has 0 aliphatic rings. The maximum atomic E-state index is 12.0. The summed E-state index contributed by atoms with van der Waals surface area (Å²) >= 11 is 1.56. The van der Waals surface area contributed by atoms with Gasteiger partial charge in [0, 0.05) is 17.8 Å². The van der Waals surface area contributed by atoms with Crippen LogP contribution in [0.1, 0.15) is 65.6 Å². The first kappa shape index (κ1) is 17.7. The van der Waals surface area contributed by atoms with Crippen molar-refractivity contribution in [2.45, 2.75) is 58.8 Å². The van der Waals surface area contributed by atoms with Gasteiger partial charge >= 0.3 is 5.97 Å². The summed E-state index contributed by atoms with van der Waals surface area (Å²) in [6, 6.07) is 2.01. The zero-order valence-corrected chi connectivity index (χ0v) is 13.7. The zero-order chi connectivity index (χ0) is 15.7. The van der Waals surface area contributed by atoms with Crippen molar-refractivity contribution in [1.29, 1.82) is 0 Å². The van der Waals surface area contributed by atoms with E-state index in [1.165, 1.54) is 10.4 Å². The van der Waals surface area contributed by atoms with Gasteiger partial charge in [0.15, 0.2) is 0 Å². The second-order valence-electron chi connectivity index (χ2n) is 5.26. The number of unbranched alkanes of at least 4 members (excludes halogenated alkanes) is 3. The number of nitrogens with one attached hydrogen (secondary N) is 1. The van der Waals surface area contributed by atoms with E-state index in [0.29, 0.717) is 13.0 Å². The molecule has 0 saturated carbocycles. The molecule has 118 valence electrons. The lowest BCUT2D eigenvalue weighted by molar-refractivity contribution is -0.137. The van der Waals surface area contributed by atoms with Crippen LogP contribution in [0.25, 0.3) is 0 Å². The molecule has 1 amide bonds. The fraction of sp³-hybridized carbons (Fsp3) is 0.625. The molecule has 0 radical (unpaired) electrons. The van der Waals surface area contributed by atoms with Gasteiger partial charge in [-0.2, -0.15) is 0 Å². The van der Waals surface area contributed by atoms with Gasteiger partial charge in [0.25, 0.3) is 5.91 Å². The molecule has 0 unspecified atom stereocenters. The van der Waals surface area contributed by atoms with Gasteiger partial charge in [-0.3, -0.25) is 9.59 Å². The lowest BCUT2D eigenvalue weighted by atomic mass is 10.1. The Hall–Kier alpha value is -1.36. The van der Waals surface area contributed by atoms with Gasteiger partial charge in [0.05, 0.1) is 4.88 Å². The third-order valence-electron chi connectivity index (χ3n) is 3.37. The average molecular weight is 311 g/mol. The van der Waals surface area contributed by atoms with Crippen LogP contribution in [0.5, 0.6) is 0 Å². The van der Waals surface area contributed by atoms with E-state index < -0.39 is 5.97 Å². The number of carboxylic acid groups (broad SMARTS) is 1. The SMILES string of the molecule is CCCc1cc(C(=O)NCCCCCCC(=O)O)sc1C. The van der Waals surface area contributed by atoms with Gasteiger partial charge in [-0.15, -0.1) is 11.3 Å². The van der Waals surface area contributed by atoms with E-state index in [2.05, 4.69) is 19.2 Å². The highest BCUT2D eigenvalue weighted by Gasteiger charge is 2.11. The highest BCUT2D eigenvalue weighted by Crippen LogP contribution is 2.22. The number of aryl methyl sites for hydroxylation is 2. The molecule has 0 saturated heterocycles. The minimum atomic E-state index is -0.737. The van der Waals surface area contributed by atoms with Gasteiger partial charge in [-0.05, 0) is 37.8 Å². The summed E-state index contributed by atoms with van der Waals surface area (Å²) in [5, 5.41) is 11.5. The predicted octanol–water partition coefficient (Wildman–Crippen LogP) is 3.77. The number of aliphatic carboxylic acids is 1. The number of carbonyl (C=O) groups is 2. The molecule has 0 fully saturated rings. The van der Waals surface area contributed by atoms with E-state index in [4.69, 9.17) is 5.11 Å². The van der Waals surface area contributed by atoms with Crippen molar-refractivity contribution < 1.29 is 14.7 Å². The van der Waals surface area contributed by atoms with Gasteiger partial charge in [-0.1, -0.05) is 26.2 Å². The monoisotopic (exact) mass is 311 g/mol. The summed E-state index contributed by atoms with van der Waals surface area (Å²) in [6.07, 6.45) is 5.83. The van der Waals surface area contributed by atoms with Crippen molar-refractivity contribution in [3.63, 3.8) is 0 Å². The summed E-state index contributed by atoms with van der Waals surface area (Å²) in [7, 11) is 0. The molecule has 1 rings (SSSR count). The van der Waals surface area contributed by atoms with Crippen LogP contribution in [0.2, 0.25) is 0 Å². The van der Waals surface area contributed by atoms with E-state index in [0.717, 1.165) is 37.0 Å². The Bertz CT molecular complexity index is 468. The lowest BCUT2D eigenvalue weighted by Crippen LogP contribution is -2.23. The quantitative estimate of drug-likeness (QED) is 0.646. The standard InChI is InChI=1S/C16H25NO3S/c1-3-8-13-11-14(21-12(13)2)16(20)17-10-7-5-4-6-9-15(18)19/h11H,3-10H2,1-2H3,(H,17,20)(H,18,19). The summed E-state index contributed by atoms with van der Waals surface area (Å²) < 4.78 is 0. The Labute approximate surface area is 130 Å². The topological polar surface area (TPSA) is 66.4 Å². The Morgan fingerprint density at radius 3 is 2.62 bits per heavy atom. The van der Waals surface area contributed by atoms with Crippen LogP contribution in [0.15, 0.2) is 6.07 Å². The van der Waals surface area contributed by atoms with Gasteiger partial charge in [0.1, 0.15) is 0 Å². The van der Waals surface area contributed by atoms with Crippen molar-refractivity contribution in [2.75, 3.05) is 6.54 Å². The van der Waals surface area contributed by atoms with Crippen LogP contribution >= 0.6 is 11.3 Å². The van der Waals surface area contributed by atoms with Crippen LogP contribution in [0, 0.1) is 6.92 Å². The molecule has 0 spiro atoms. The summed E-state index contributed by atoms with van der Waals surface area (Å²) in [5.74, 6) is -0.727. The first-order chi connectivity index (χ1) is 10.0. The molecule has 0 aliphatic heterocycles. The van der Waals surface area contributed by atoms with Crippen LogP contribution in [-0.2, 0) is 11.2 Å². The van der Waals surface area contributed by atoms with Crippen LogP contribution in [0.4, 0.5) is 0 Å². The molecule has 21 heavy (non-hydrogen) atoms. The third kappa shape index (κ3) is 6.76. The fourth-order valence-corrected chi connectivity index (χ4v) is 3.18. The number of rotatable bonds is 10. The Morgan fingerprint density at radius 2 is 1.95 bits per heavy atom. The number of carbonyl (C=O) groups excluding carboxylic acids is 1. The van der Waals surface area contributed by atoms with Crippen molar-refractivity contribution >= 4 is 23.2 Å². The predicted molar refractivity (Wildman–Crippen MR) is 86.1 cm³/mol. The van der Waals surface area contributed by atoms with Crippen LogP contribution < -0.4 is 5.32 Å². The minimum Gasteiger partial charge on any atom is -0.481 e.